The van der Waals surface area contributed by atoms with Crippen LogP contribution in [-0.4, -0.2) is 10.7 Å². The molecule has 0 radical (unpaired) electrons. The Morgan fingerprint density at radius 1 is 1.57 bits per heavy atom. The van der Waals surface area contributed by atoms with Crippen molar-refractivity contribution in [1.82, 2.24) is 5.16 Å². The molecule has 1 fully saturated rings. The van der Waals surface area contributed by atoms with E-state index >= 15 is 0 Å². The molecule has 1 heterocycles. The van der Waals surface area contributed by atoms with Crippen LogP contribution in [0.5, 0.6) is 0 Å². The Morgan fingerprint density at radius 2 is 2.29 bits per heavy atom. The molecular formula is C10H15ClN2O. The van der Waals surface area contributed by atoms with Gasteiger partial charge in [0, 0.05) is 11.1 Å². The molecule has 1 aromatic rings. The average Bonchev–Trinajstić information content (AvgIpc) is 2.78. The van der Waals surface area contributed by atoms with Gasteiger partial charge >= 0.3 is 0 Å². The van der Waals surface area contributed by atoms with Gasteiger partial charge in [-0.1, -0.05) is 12.1 Å². The lowest BCUT2D eigenvalue weighted by Crippen LogP contribution is -2.22. The summed E-state index contributed by atoms with van der Waals surface area (Å²) in [5.74, 6) is 0. The first-order valence-electron chi connectivity index (χ1n) is 5.06. The summed E-state index contributed by atoms with van der Waals surface area (Å²) in [5.41, 5.74) is 8.10. The molecule has 0 aromatic carbocycles. The van der Waals surface area contributed by atoms with E-state index < -0.39 is 0 Å². The van der Waals surface area contributed by atoms with E-state index in [2.05, 4.69) is 5.16 Å². The zero-order valence-electron chi connectivity index (χ0n) is 8.35. The molecule has 2 rings (SSSR count). The number of nitrogens with zero attached hydrogens (tertiary/aromatic N) is 1. The predicted octanol–water partition coefficient (Wildman–Crippen LogP) is 2.31. The fraction of sp³-hybridized carbons (Fsp3) is 0.700. The number of hydrogen-bond donors (Lipinski definition) is 1. The summed E-state index contributed by atoms with van der Waals surface area (Å²) in [6.07, 6.45) is 5.01. The highest BCUT2D eigenvalue weighted by Crippen LogP contribution is 2.37. The Balaban J connectivity index is 2.03. The van der Waals surface area contributed by atoms with E-state index in [1.807, 2.05) is 6.92 Å². The van der Waals surface area contributed by atoms with Gasteiger partial charge in [-0.3, -0.25) is 0 Å². The third-order valence-corrected chi connectivity index (χ3v) is 3.22. The van der Waals surface area contributed by atoms with Crippen molar-refractivity contribution in [2.45, 2.75) is 44.6 Å². The minimum Gasteiger partial charge on any atom is -0.344 e. The van der Waals surface area contributed by atoms with Crippen molar-refractivity contribution in [2.24, 2.45) is 5.73 Å². The quantitative estimate of drug-likeness (QED) is 0.837. The molecule has 4 heteroatoms. The van der Waals surface area contributed by atoms with E-state index in [0.29, 0.717) is 5.22 Å². The van der Waals surface area contributed by atoms with Crippen LogP contribution in [0, 0.1) is 0 Å². The van der Waals surface area contributed by atoms with E-state index in [4.69, 9.17) is 21.9 Å². The van der Waals surface area contributed by atoms with Gasteiger partial charge in [-0.05, 0) is 43.7 Å². The Labute approximate surface area is 88.6 Å². The summed E-state index contributed by atoms with van der Waals surface area (Å²) in [5, 5.41) is 4.34. The van der Waals surface area contributed by atoms with Crippen LogP contribution >= 0.6 is 11.6 Å². The first-order chi connectivity index (χ1) is 6.64. The van der Waals surface area contributed by atoms with Crippen LogP contribution in [-0.2, 0) is 12.8 Å². The van der Waals surface area contributed by atoms with E-state index in [0.717, 1.165) is 43.4 Å². The molecule has 78 valence electrons. The second-order valence-electron chi connectivity index (χ2n) is 4.10. The molecule has 0 unspecified atom stereocenters. The lowest BCUT2D eigenvalue weighted by molar-refractivity contribution is 0.413. The Morgan fingerprint density at radius 3 is 2.86 bits per heavy atom. The molecule has 2 N–H and O–H groups in total. The highest BCUT2D eigenvalue weighted by Gasteiger charge is 2.37. The van der Waals surface area contributed by atoms with Gasteiger partial charge in [-0.2, -0.15) is 0 Å². The van der Waals surface area contributed by atoms with E-state index in [1.54, 1.807) is 0 Å². The monoisotopic (exact) mass is 214 g/mol. The maximum atomic E-state index is 6.01. The van der Waals surface area contributed by atoms with Crippen LogP contribution in [0.2, 0.25) is 5.22 Å². The zero-order chi connectivity index (χ0) is 10.2. The molecular weight excluding hydrogens is 200 g/mol. The van der Waals surface area contributed by atoms with Crippen molar-refractivity contribution >= 4 is 11.6 Å². The largest absolute Gasteiger partial charge is 0.344 e. The normalized spacial score (nSPS) is 18.5. The van der Waals surface area contributed by atoms with E-state index in [-0.39, 0.29) is 5.54 Å². The van der Waals surface area contributed by atoms with Gasteiger partial charge in [-0.25, -0.2) is 0 Å². The molecule has 1 saturated carbocycles. The topological polar surface area (TPSA) is 52.0 Å². The van der Waals surface area contributed by atoms with Crippen LogP contribution in [0.15, 0.2) is 4.52 Å². The van der Waals surface area contributed by atoms with Crippen molar-refractivity contribution in [3.63, 3.8) is 0 Å². The molecule has 1 aliphatic carbocycles. The minimum absolute atomic E-state index is 0.0750. The Hall–Kier alpha value is -0.540. The number of nitrogens with two attached hydrogens (primary N) is 1. The lowest BCUT2D eigenvalue weighted by Gasteiger charge is -2.06. The van der Waals surface area contributed by atoms with Crippen molar-refractivity contribution in [2.75, 3.05) is 0 Å². The molecule has 3 nitrogen and oxygen atoms in total. The average molecular weight is 215 g/mol. The minimum atomic E-state index is 0.0750. The second kappa shape index (κ2) is 3.55. The number of aryl methyl sites for hydroxylation is 1. The molecule has 0 saturated heterocycles. The summed E-state index contributed by atoms with van der Waals surface area (Å²) in [7, 11) is 0. The van der Waals surface area contributed by atoms with Crippen LogP contribution in [0.4, 0.5) is 0 Å². The number of aromatic nitrogens is 1. The van der Waals surface area contributed by atoms with Crippen molar-refractivity contribution in [3.05, 3.63) is 16.5 Å². The molecule has 14 heavy (non-hydrogen) atoms. The first-order valence-corrected chi connectivity index (χ1v) is 5.44. The Kier molecular flexibility index (Phi) is 2.54. The molecule has 0 atom stereocenters. The van der Waals surface area contributed by atoms with Crippen molar-refractivity contribution in [3.8, 4) is 0 Å². The second-order valence-corrected chi connectivity index (χ2v) is 4.44. The number of rotatable bonds is 4. The molecule has 0 amide bonds. The van der Waals surface area contributed by atoms with Gasteiger partial charge in [0.05, 0.1) is 5.69 Å². The smallest absolute Gasteiger partial charge is 0.229 e. The van der Waals surface area contributed by atoms with Crippen LogP contribution in [0.25, 0.3) is 0 Å². The summed E-state index contributed by atoms with van der Waals surface area (Å²) in [4.78, 5) is 0. The van der Waals surface area contributed by atoms with E-state index in [9.17, 15) is 0 Å². The van der Waals surface area contributed by atoms with Crippen LogP contribution < -0.4 is 5.73 Å². The van der Waals surface area contributed by atoms with Crippen LogP contribution in [0.3, 0.4) is 0 Å². The fourth-order valence-electron chi connectivity index (χ4n) is 1.62. The summed E-state index contributed by atoms with van der Waals surface area (Å²) >= 11 is 5.90. The first kappa shape index (κ1) is 9.99. The maximum Gasteiger partial charge on any atom is 0.229 e. The molecule has 1 aromatic heterocycles. The number of hydrogen-bond acceptors (Lipinski definition) is 3. The molecule has 0 spiro atoms. The van der Waals surface area contributed by atoms with Crippen LogP contribution in [0.1, 0.15) is 37.4 Å². The predicted molar refractivity (Wildman–Crippen MR) is 55.4 cm³/mol. The lowest BCUT2D eigenvalue weighted by atomic mass is 10.0. The molecule has 1 aliphatic rings. The highest BCUT2D eigenvalue weighted by atomic mass is 35.5. The SMILES string of the molecule is CCc1noc(Cl)c1CCC1(N)CC1. The van der Waals surface area contributed by atoms with Gasteiger partial charge in [0.2, 0.25) is 5.22 Å². The standard InChI is InChI=1S/C10H15ClN2O/c1-2-8-7(9(11)14-13-8)3-4-10(12)5-6-10/h2-6,12H2,1H3. The van der Waals surface area contributed by atoms with Crippen molar-refractivity contribution in [1.29, 1.82) is 0 Å². The summed E-state index contributed by atoms with van der Waals surface area (Å²) in [6, 6.07) is 0. The van der Waals surface area contributed by atoms with Crippen molar-refractivity contribution < 1.29 is 4.52 Å². The van der Waals surface area contributed by atoms with Gasteiger partial charge < -0.3 is 10.3 Å². The van der Waals surface area contributed by atoms with Gasteiger partial charge in [0.1, 0.15) is 0 Å². The maximum absolute atomic E-state index is 6.01. The van der Waals surface area contributed by atoms with E-state index in [1.165, 1.54) is 0 Å². The molecule has 0 bridgehead atoms. The third kappa shape index (κ3) is 1.93. The van der Waals surface area contributed by atoms with Gasteiger partial charge in [0.25, 0.3) is 0 Å². The Bertz CT molecular complexity index is 331. The third-order valence-electron chi connectivity index (χ3n) is 2.92. The zero-order valence-corrected chi connectivity index (χ0v) is 9.10. The fourth-order valence-corrected chi connectivity index (χ4v) is 1.86. The summed E-state index contributed by atoms with van der Waals surface area (Å²) in [6.45, 7) is 2.05. The highest BCUT2D eigenvalue weighted by molar-refractivity contribution is 6.29. The van der Waals surface area contributed by atoms with Gasteiger partial charge in [0.15, 0.2) is 0 Å². The number of halogens is 1. The summed E-state index contributed by atoms with van der Waals surface area (Å²) < 4.78 is 4.95. The molecule has 0 aliphatic heterocycles. The van der Waals surface area contributed by atoms with Gasteiger partial charge in [-0.15, -0.1) is 0 Å².